The highest BCUT2D eigenvalue weighted by molar-refractivity contribution is 5.70. The zero-order valence-electron chi connectivity index (χ0n) is 12.5. The molecule has 0 radical (unpaired) electrons. The number of nitrogens with zero attached hydrogens (tertiary/aromatic N) is 4. The van der Waals surface area contributed by atoms with Crippen molar-refractivity contribution in [3.63, 3.8) is 0 Å². The van der Waals surface area contributed by atoms with Crippen molar-refractivity contribution in [2.75, 3.05) is 47.4 Å². The summed E-state index contributed by atoms with van der Waals surface area (Å²) in [6, 6.07) is 10.0. The Morgan fingerprint density at radius 3 is 2.26 bits per heavy atom. The van der Waals surface area contributed by atoms with Crippen molar-refractivity contribution in [2.45, 2.75) is 0 Å². The van der Waals surface area contributed by atoms with E-state index in [9.17, 15) is 9.65 Å². The lowest BCUT2D eigenvalue weighted by Gasteiger charge is -2.37. The lowest BCUT2D eigenvalue weighted by atomic mass is 10.2. The standard InChI is InChI=1S/C16H17FN6/c17-11-1-3-12(4-2-11)22-5-7-23(8-6-22)16-13(10-18)14(19)9-15(20)21-16/h1-4,9H,5-8H2,(H4,19,20,21). The molecule has 2 aromatic rings. The fourth-order valence-electron chi connectivity index (χ4n) is 2.74. The van der Waals surface area contributed by atoms with Gasteiger partial charge in [0.1, 0.15) is 23.3 Å². The topological polar surface area (TPSA) is 95.2 Å². The maximum Gasteiger partial charge on any atom is 0.151 e. The van der Waals surface area contributed by atoms with Gasteiger partial charge in [0.05, 0.1) is 5.69 Å². The van der Waals surface area contributed by atoms with Crippen LogP contribution in [0.3, 0.4) is 0 Å². The maximum atomic E-state index is 13.0. The van der Waals surface area contributed by atoms with E-state index in [0.29, 0.717) is 36.0 Å². The molecule has 6 nitrogen and oxygen atoms in total. The Labute approximate surface area is 133 Å². The summed E-state index contributed by atoms with van der Waals surface area (Å²) in [7, 11) is 0. The Hall–Kier alpha value is -3.01. The van der Waals surface area contributed by atoms with Crippen molar-refractivity contribution >= 4 is 23.0 Å². The first-order valence-corrected chi connectivity index (χ1v) is 7.30. The number of pyridine rings is 1. The average molecular weight is 312 g/mol. The van der Waals surface area contributed by atoms with Gasteiger partial charge < -0.3 is 21.3 Å². The van der Waals surface area contributed by atoms with Gasteiger partial charge in [0.15, 0.2) is 5.82 Å². The maximum absolute atomic E-state index is 13.0. The van der Waals surface area contributed by atoms with Gasteiger partial charge in [-0.25, -0.2) is 9.37 Å². The predicted molar refractivity (Wildman–Crippen MR) is 88.6 cm³/mol. The van der Waals surface area contributed by atoms with E-state index in [1.807, 2.05) is 4.90 Å². The fourth-order valence-corrected chi connectivity index (χ4v) is 2.74. The normalized spacial score (nSPS) is 14.6. The van der Waals surface area contributed by atoms with Gasteiger partial charge in [-0.3, -0.25) is 0 Å². The zero-order valence-corrected chi connectivity index (χ0v) is 12.5. The largest absolute Gasteiger partial charge is 0.397 e. The summed E-state index contributed by atoms with van der Waals surface area (Å²) < 4.78 is 13.0. The second-order valence-electron chi connectivity index (χ2n) is 5.40. The average Bonchev–Trinajstić information content (AvgIpc) is 2.55. The number of anilines is 4. The molecule has 0 aliphatic carbocycles. The van der Waals surface area contributed by atoms with Gasteiger partial charge in [0.25, 0.3) is 0 Å². The van der Waals surface area contributed by atoms with Crippen molar-refractivity contribution < 1.29 is 4.39 Å². The lowest BCUT2D eigenvalue weighted by molar-refractivity contribution is 0.624. The number of aromatic nitrogens is 1. The van der Waals surface area contributed by atoms with E-state index in [0.717, 1.165) is 18.8 Å². The molecule has 7 heteroatoms. The molecule has 1 fully saturated rings. The molecule has 0 atom stereocenters. The van der Waals surface area contributed by atoms with Crippen molar-refractivity contribution in [1.82, 2.24) is 4.98 Å². The molecule has 118 valence electrons. The number of nitriles is 1. The molecule has 1 aliphatic heterocycles. The first-order chi connectivity index (χ1) is 11.1. The molecule has 0 spiro atoms. The third-order valence-corrected chi connectivity index (χ3v) is 3.93. The minimum atomic E-state index is -0.245. The molecule has 1 aromatic heterocycles. The van der Waals surface area contributed by atoms with Gasteiger partial charge in [-0.1, -0.05) is 0 Å². The summed E-state index contributed by atoms with van der Waals surface area (Å²) in [5.41, 5.74) is 13.3. The molecule has 3 rings (SSSR count). The van der Waals surface area contributed by atoms with E-state index in [-0.39, 0.29) is 5.82 Å². The first-order valence-electron chi connectivity index (χ1n) is 7.30. The van der Waals surface area contributed by atoms with Crippen LogP contribution in [-0.4, -0.2) is 31.2 Å². The van der Waals surface area contributed by atoms with Crippen molar-refractivity contribution in [2.24, 2.45) is 0 Å². The highest BCUT2D eigenvalue weighted by Crippen LogP contribution is 2.27. The van der Waals surface area contributed by atoms with Crippen LogP contribution in [0.4, 0.5) is 27.4 Å². The molecule has 0 bridgehead atoms. The molecule has 1 aliphatic rings. The van der Waals surface area contributed by atoms with Crippen LogP contribution >= 0.6 is 0 Å². The number of halogens is 1. The Bertz CT molecular complexity index is 744. The predicted octanol–water partition coefficient (Wildman–Crippen LogP) is 1.58. The van der Waals surface area contributed by atoms with Gasteiger partial charge in [-0.15, -0.1) is 0 Å². The van der Waals surface area contributed by atoms with Crippen LogP contribution in [0, 0.1) is 17.1 Å². The van der Waals surface area contributed by atoms with Crippen LogP contribution < -0.4 is 21.3 Å². The van der Waals surface area contributed by atoms with E-state index in [4.69, 9.17) is 11.5 Å². The van der Waals surface area contributed by atoms with E-state index in [2.05, 4.69) is 16.0 Å². The Kier molecular flexibility index (Phi) is 3.89. The number of hydrogen-bond acceptors (Lipinski definition) is 6. The number of piperazine rings is 1. The molecule has 2 heterocycles. The molecule has 4 N–H and O–H groups in total. The van der Waals surface area contributed by atoms with Crippen LogP contribution in [0.5, 0.6) is 0 Å². The fraction of sp³-hybridized carbons (Fsp3) is 0.250. The highest BCUT2D eigenvalue weighted by atomic mass is 19.1. The molecule has 23 heavy (non-hydrogen) atoms. The van der Waals surface area contributed by atoms with Gasteiger partial charge in [0, 0.05) is 37.9 Å². The number of rotatable bonds is 2. The SMILES string of the molecule is N#Cc1c(N)cc(N)nc1N1CCN(c2ccc(F)cc2)CC1. The molecule has 1 saturated heterocycles. The van der Waals surface area contributed by atoms with Crippen molar-refractivity contribution in [3.05, 3.63) is 41.7 Å². The van der Waals surface area contributed by atoms with Gasteiger partial charge in [0.2, 0.25) is 0 Å². The molecular formula is C16H17FN6. The van der Waals surface area contributed by atoms with Crippen LogP contribution in [-0.2, 0) is 0 Å². The van der Waals surface area contributed by atoms with Crippen LogP contribution in [0.25, 0.3) is 0 Å². The molecule has 0 unspecified atom stereocenters. The summed E-state index contributed by atoms with van der Waals surface area (Å²) >= 11 is 0. The quantitative estimate of drug-likeness (QED) is 0.874. The molecular weight excluding hydrogens is 295 g/mol. The van der Waals surface area contributed by atoms with E-state index >= 15 is 0 Å². The summed E-state index contributed by atoms with van der Waals surface area (Å²) in [5, 5.41) is 9.29. The monoisotopic (exact) mass is 312 g/mol. The third kappa shape index (κ3) is 2.97. The minimum Gasteiger partial charge on any atom is -0.397 e. The minimum absolute atomic E-state index is 0.245. The number of benzene rings is 1. The van der Waals surface area contributed by atoms with E-state index < -0.39 is 0 Å². The van der Waals surface area contributed by atoms with Gasteiger partial charge in [-0.05, 0) is 24.3 Å². The first kappa shape index (κ1) is 14.9. The lowest BCUT2D eigenvalue weighted by Crippen LogP contribution is -2.47. The highest BCUT2D eigenvalue weighted by Gasteiger charge is 2.22. The second kappa shape index (κ2) is 6.01. The van der Waals surface area contributed by atoms with Crippen LogP contribution in [0.15, 0.2) is 30.3 Å². The zero-order chi connectivity index (χ0) is 16.4. The Morgan fingerprint density at radius 2 is 1.65 bits per heavy atom. The van der Waals surface area contributed by atoms with Crippen LogP contribution in [0.2, 0.25) is 0 Å². The van der Waals surface area contributed by atoms with Crippen molar-refractivity contribution in [3.8, 4) is 6.07 Å². The summed E-state index contributed by atoms with van der Waals surface area (Å²) in [6.07, 6.45) is 0. The van der Waals surface area contributed by atoms with E-state index in [1.165, 1.54) is 18.2 Å². The molecule has 0 saturated carbocycles. The molecule has 1 aromatic carbocycles. The Morgan fingerprint density at radius 1 is 1.04 bits per heavy atom. The van der Waals surface area contributed by atoms with Crippen LogP contribution in [0.1, 0.15) is 5.56 Å². The Balaban J connectivity index is 1.77. The number of nitrogen functional groups attached to an aromatic ring is 2. The van der Waals surface area contributed by atoms with E-state index in [1.54, 1.807) is 12.1 Å². The second-order valence-corrected chi connectivity index (χ2v) is 5.40. The van der Waals surface area contributed by atoms with Gasteiger partial charge >= 0.3 is 0 Å². The van der Waals surface area contributed by atoms with Gasteiger partial charge in [-0.2, -0.15) is 5.26 Å². The molecule has 0 amide bonds. The third-order valence-electron chi connectivity index (χ3n) is 3.93. The smallest absolute Gasteiger partial charge is 0.151 e. The van der Waals surface area contributed by atoms with Crippen molar-refractivity contribution in [1.29, 1.82) is 5.26 Å². The summed E-state index contributed by atoms with van der Waals surface area (Å²) in [5.74, 6) is 0.590. The number of hydrogen-bond donors (Lipinski definition) is 2. The number of nitrogens with two attached hydrogens (primary N) is 2. The summed E-state index contributed by atoms with van der Waals surface area (Å²) in [6.45, 7) is 2.85. The summed E-state index contributed by atoms with van der Waals surface area (Å²) in [4.78, 5) is 8.44.